The molecule has 0 bridgehead atoms. The quantitative estimate of drug-likeness (QED) is 0.675. The largest absolute Gasteiger partial charge is 1.00 e. The van der Waals surface area contributed by atoms with Crippen LogP contribution < -0.4 is 18.9 Å². The average Bonchev–Trinajstić information content (AvgIpc) is 2.91. The first-order valence-corrected chi connectivity index (χ1v) is 7.02. The van der Waals surface area contributed by atoms with Gasteiger partial charge in [-0.3, -0.25) is 0 Å². The van der Waals surface area contributed by atoms with Crippen LogP contribution in [-0.2, 0) is 19.4 Å². The summed E-state index contributed by atoms with van der Waals surface area (Å²) in [5.74, 6) is 0. The van der Waals surface area contributed by atoms with Gasteiger partial charge in [0.25, 0.3) is 0 Å². The van der Waals surface area contributed by atoms with Gasteiger partial charge in [0.2, 0.25) is 0 Å². The zero-order chi connectivity index (χ0) is 12.7. The zero-order valence-corrected chi connectivity index (χ0v) is 12.0. The van der Waals surface area contributed by atoms with E-state index in [9.17, 15) is 0 Å². The molecule has 94 valence electrons. The van der Waals surface area contributed by atoms with E-state index in [1.165, 1.54) is 28.0 Å². The first kappa shape index (κ1) is 13.6. The molecule has 0 atom stereocenters. The van der Waals surface area contributed by atoms with Crippen LogP contribution in [0.3, 0.4) is 0 Å². The molecule has 4 rings (SSSR count). The fourth-order valence-corrected chi connectivity index (χ4v) is 3.27. The zero-order valence-electron chi connectivity index (χ0n) is 12.0. The van der Waals surface area contributed by atoms with Crippen LogP contribution in [0.15, 0.2) is 54.6 Å². The van der Waals surface area contributed by atoms with E-state index in [2.05, 4.69) is 59.5 Å². The van der Waals surface area contributed by atoms with Gasteiger partial charge in [-0.1, -0.05) is 54.6 Å². The summed E-state index contributed by atoms with van der Waals surface area (Å²) >= 11 is 0. The number of nitrogens with zero attached hydrogens (tertiary/aromatic N) is 1. The molecule has 0 fully saturated rings. The molecular formula is C18H17LiN+. The van der Waals surface area contributed by atoms with Crippen LogP contribution in [0.5, 0.6) is 0 Å². The Bertz CT molecular complexity index is 660. The van der Waals surface area contributed by atoms with Crippen molar-refractivity contribution in [3.05, 3.63) is 76.9 Å². The van der Waals surface area contributed by atoms with Gasteiger partial charge in [-0.05, 0) is 29.5 Å². The smallest absolute Gasteiger partial charge is 0.367 e. The Morgan fingerprint density at radius 3 is 2.35 bits per heavy atom. The predicted octanol–water partition coefficient (Wildman–Crippen LogP) is 0.646. The number of allylic oxidation sites excluding steroid dienone is 1. The minimum absolute atomic E-state index is 0. The van der Waals surface area contributed by atoms with Crippen molar-refractivity contribution < 1.29 is 18.9 Å². The fraction of sp³-hybridized carbons (Fsp3) is 0.222. The summed E-state index contributed by atoms with van der Waals surface area (Å²) in [6.07, 6.45) is 4.64. The first-order valence-electron chi connectivity index (χ1n) is 7.02. The number of hydrogen-bond acceptors (Lipinski definition) is 1. The Labute approximate surface area is 132 Å². The summed E-state index contributed by atoms with van der Waals surface area (Å²) in [6.45, 7) is 2.19. The standard InChI is InChI=1S/C18H17N.Li/c1-2-7-16-13-19(12-11-14(16)5-1)18-10-9-15-6-3-4-8-17(15)18;/h1-8,10H,9,11-13H2;/q;+1. The van der Waals surface area contributed by atoms with Gasteiger partial charge >= 0.3 is 18.9 Å². The molecular weight excluding hydrogens is 237 g/mol. The monoisotopic (exact) mass is 254 g/mol. The van der Waals surface area contributed by atoms with Gasteiger partial charge in [0.05, 0.1) is 0 Å². The van der Waals surface area contributed by atoms with E-state index in [-0.39, 0.29) is 18.9 Å². The molecule has 1 heterocycles. The van der Waals surface area contributed by atoms with Crippen molar-refractivity contribution in [3.8, 4) is 0 Å². The van der Waals surface area contributed by atoms with Crippen LogP contribution in [-0.4, -0.2) is 11.4 Å². The third-order valence-corrected chi connectivity index (χ3v) is 4.28. The van der Waals surface area contributed by atoms with E-state index in [1.54, 1.807) is 0 Å². The molecule has 1 nitrogen and oxygen atoms in total. The van der Waals surface area contributed by atoms with Crippen LogP contribution in [0, 0.1) is 0 Å². The number of rotatable bonds is 1. The second-order valence-electron chi connectivity index (χ2n) is 5.39. The van der Waals surface area contributed by atoms with E-state index in [0.717, 1.165) is 25.9 Å². The maximum Gasteiger partial charge on any atom is 1.00 e. The third kappa shape index (κ3) is 2.22. The van der Waals surface area contributed by atoms with Gasteiger partial charge in [-0.15, -0.1) is 0 Å². The molecule has 0 aromatic heterocycles. The van der Waals surface area contributed by atoms with Crippen molar-refractivity contribution >= 4 is 5.70 Å². The molecule has 0 saturated carbocycles. The Hall–Kier alpha value is -1.42. The second kappa shape index (κ2) is 5.52. The molecule has 1 aliphatic heterocycles. The molecule has 0 N–H and O–H groups in total. The normalized spacial score (nSPS) is 16.0. The summed E-state index contributed by atoms with van der Waals surface area (Å²) in [4.78, 5) is 2.54. The van der Waals surface area contributed by atoms with Gasteiger partial charge in [-0.25, -0.2) is 0 Å². The van der Waals surface area contributed by atoms with Crippen molar-refractivity contribution in [3.63, 3.8) is 0 Å². The topological polar surface area (TPSA) is 3.24 Å². The Morgan fingerprint density at radius 1 is 0.800 bits per heavy atom. The van der Waals surface area contributed by atoms with Crippen LogP contribution in [0.1, 0.15) is 22.3 Å². The Balaban J connectivity index is 0.00000121. The van der Waals surface area contributed by atoms with Crippen molar-refractivity contribution in [1.29, 1.82) is 0 Å². The van der Waals surface area contributed by atoms with Crippen LogP contribution in [0.2, 0.25) is 0 Å². The van der Waals surface area contributed by atoms with Crippen LogP contribution in [0.4, 0.5) is 0 Å². The number of fused-ring (bicyclic) bond motifs is 2. The maximum absolute atomic E-state index is 2.54. The molecule has 0 amide bonds. The average molecular weight is 254 g/mol. The van der Waals surface area contributed by atoms with Crippen molar-refractivity contribution in [2.75, 3.05) is 6.54 Å². The van der Waals surface area contributed by atoms with Crippen molar-refractivity contribution in [1.82, 2.24) is 4.90 Å². The van der Waals surface area contributed by atoms with E-state index >= 15 is 0 Å². The van der Waals surface area contributed by atoms with Gasteiger partial charge in [0.1, 0.15) is 0 Å². The van der Waals surface area contributed by atoms with Gasteiger partial charge in [0.15, 0.2) is 0 Å². The number of hydrogen-bond donors (Lipinski definition) is 0. The molecule has 20 heavy (non-hydrogen) atoms. The van der Waals surface area contributed by atoms with Gasteiger partial charge < -0.3 is 4.90 Å². The molecule has 0 spiro atoms. The number of benzene rings is 2. The van der Waals surface area contributed by atoms with Crippen molar-refractivity contribution in [2.45, 2.75) is 19.4 Å². The van der Waals surface area contributed by atoms with E-state index in [0.29, 0.717) is 0 Å². The fourth-order valence-electron chi connectivity index (χ4n) is 3.27. The summed E-state index contributed by atoms with van der Waals surface area (Å²) < 4.78 is 0. The minimum Gasteiger partial charge on any atom is -0.367 e. The molecule has 0 unspecified atom stereocenters. The Morgan fingerprint density at radius 2 is 1.50 bits per heavy atom. The molecule has 2 aromatic rings. The van der Waals surface area contributed by atoms with Gasteiger partial charge in [-0.2, -0.15) is 0 Å². The summed E-state index contributed by atoms with van der Waals surface area (Å²) in [5, 5.41) is 0. The van der Waals surface area contributed by atoms with E-state index in [1.807, 2.05) is 0 Å². The molecule has 2 aromatic carbocycles. The summed E-state index contributed by atoms with van der Waals surface area (Å²) in [6, 6.07) is 17.6. The maximum atomic E-state index is 2.54. The summed E-state index contributed by atoms with van der Waals surface area (Å²) in [7, 11) is 0. The molecule has 0 radical (unpaired) electrons. The minimum atomic E-state index is 0. The van der Waals surface area contributed by atoms with Crippen molar-refractivity contribution in [2.24, 2.45) is 0 Å². The predicted molar refractivity (Wildman–Crippen MR) is 78.7 cm³/mol. The molecule has 1 aliphatic carbocycles. The summed E-state index contributed by atoms with van der Waals surface area (Å²) in [5.41, 5.74) is 7.34. The van der Waals surface area contributed by atoms with Crippen LogP contribution in [0.25, 0.3) is 5.70 Å². The third-order valence-electron chi connectivity index (χ3n) is 4.28. The van der Waals surface area contributed by atoms with Crippen LogP contribution >= 0.6 is 0 Å². The molecule has 2 heteroatoms. The molecule has 0 saturated heterocycles. The first-order chi connectivity index (χ1) is 9.42. The SMILES string of the molecule is C1=C(N2CCc3ccccc3C2)c2ccccc2C1.[Li+]. The van der Waals surface area contributed by atoms with E-state index in [4.69, 9.17) is 0 Å². The second-order valence-corrected chi connectivity index (χ2v) is 5.39. The molecule has 2 aliphatic rings. The van der Waals surface area contributed by atoms with Gasteiger partial charge in [0, 0.05) is 24.4 Å². The van der Waals surface area contributed by atoms with E-state index < -0.39 is 0 Å². The Kier molecular flexibility index (Phi) is 3.74.